The number of sulfonamides is 1. The van der Waals surface area contributed by atoms with Gasteiger partial charge in [-0.25, -0.2) is 13.1 Å². The van der Waals surface area contributed by atoms with Crippen LogP contribution in [0.15, 0.2) is 53.4 Å². The van der Waals surface area contributed by atoms with Crippen LogP contribution in [0.2, 0.25) is 0 Å². The Morgan fingerprint density at radius 2 is 1.88 bits per heavy atom. The molecule has 2 rings (SSSR count). The predicted octanol–water partition coefficient (Wildman–Crippen LogP) is 2.86. The van der Waals surface area contributed by atoms with Gasteiger partial charge in [0.15, 0.2) is 5.78 Å². The van der Waals surface area contributed by atoms with Crippen LogP contribution in [-0.2, 0) is 14.8 Å². The maximum atomic E-state index is 12.5. The van der Waals surface area contributed by atoms with Crippen LogP contribution in [0, 0.1) is 6.92 Å². The Balaban J connectivity index is 2.19. The monoisotopic (exact) mass is 347 g/mol. The zero-order chi connectivity index (χ0) is 17.7. The molecule has 0 unspecified atom stereocenters. The molecule has 0 radical (unpaired) electrons. The number of nitrogens with one attached hydrogen (secondary N) is 1. The first kappa shape index (κ1) is 18.3. The topological polar surface area (TPSA) is 72.5 Å². The molecule has 0 aliphatic rings. The van der Waals surface area contributed by atoms with Crippen LogP contribution in [-0.4, -0.2) is 27.9 Å². The number of ketones is 1. The highest BCUT2D eigenvalue weighted by Gasteiger charge is 2.19. The summed E-state index contributed by atoms with van der Waals surface area (Å²) in [5.41, 5.74) is 2.32. The minimum absolute atomic E-state index is 0.0647. The molecule has 0 saturated heterocycles. The van der Waals surface area contributed by atoms with Crippen molar-refractivity contribution in [3.63, 3.8) is 0 Å². The second kappa shape index (κ2) is 7.70. The molecule has 1 atom stereocenters. The summed E-state index contributed by atoms with van der Waals surface area (Å²) in [5, 5.41) is 0. The van der Waals surface area contributed by atoms with E-state index in [4.69, 9.17) is 4.74 Å². The first-order valence-electron chi connectivity index (χ1n) is 7.54. The van der Waals surface area contributed by atoms with Gasteiger partial charge in [-0.05, 0) is 37.1 Å². The number of benzene rings is 2. The minimum atomic E-state index is -3.72. The molecule has 5 nitrogen and oxygen atoms in total. The van der Waals surface area contributed by atoms with E-state index in [1.807, 2.05) is 31.2 Å². The van der Waals surface area contributed by atoms with Crippen LogP contribution >= 0.6 is 0 Å². The fourth-order valence-corrected chi connectivity index (χ4v) is 3.50. The van der Waals surface area contributed by atoms with E-state index in [1.54, 1.807) is 19.2 Å². The Morgan fingerprint density at radius 3 is 2.50 bits per heavy atom. The van der Waals surface area contributed by atoms with Gasteiger partial charge in [-0.2, -0.15) is 0 Å². The first-order valence-corrected chi connectivity index (χ1v) is 9.02. The number of hydrogen-bond acceptors (Lipinski definition) is 4. The summed E-state index contributed by atoms with van der Waals surface area (Å²) < 4.78 is 32.9. The van der Waals surface area contributed by atoms with E-state index in [0.29, 0.717) is 5.56 Å². The fourth-order valence-electron chi connectivity index (χ4n) is 2.42. The van der Waals surface area contributed by atoms with E-state index < -0.39 is 16.1 Å². The van der Waals surface area contributed by atoms with Gasteiger partial charge in [-0.3, -0.25) is 4.79 Å². The predicted molar refractivity (Wildman–Crippen MR) is 92.6 cm³/mol. The summed E-state index contributed by atoms with van der Waals surface area (Å²) in [4.78, 5) is 11.5. The van der Waals surface area contributed by atoms with Crippen molar-refractivity contribution >= 4 is 15.8 Å². The SMILES string of the molecule is CO[C@@H](CNS(=O)(=O)c1cccc(C(C)=O)c1)c1ccccc1C. The van der Waals surface area contributed by atoms with Crippen LogP contribution in [0.4, 0.5) is 0 Å². The molecule has 0 aliphatic heterocycles. The number of hydrogen-bond donors (Lipinski definition) is 1. The van der Waals surface area contributed by atoms with Crippen molar-refractivity contribution in [1.29, 1.82) is 0 Å². The van der Waals surface area contributed by atoms with Crippen LogP contribution in [0.5, 0.6) is 0 Å². The number of carbonyl (C=O) groups excluding carboxylic acids is 1. The summed E-state index contributed by atoms with van der Waals surface area (Å²) in [6, 6.07) is 13.7. The molecular formula is C18H21NO4S. The van der Waals surface area contributed by atoms with Crippen molar-refractivity contribution in [2.24, 2.45) is 0 Å². The highest BCUT2D eigenvalue weighted by atomic mass is 32.2. The third-order valence-electron chi connectivity index (χ3n) is 3.83. The van der Waals surface area contributed by atoms with Crippen LogP contribution in [0.1, 0.15) is 34.5 Å². The quantitative estimate of drug-likeness (QED) is 0.782. The lowest BCUT2D eigenvalue weighted by Crippen LogP contribution is -2.29. The van der Waals surface area contributed by atoms with E-state index in [9.17, 15) is 13.2 Å². The van der Waals surface area contributed by atoms with Gasteiger partial charge in [0.25, 0.3) is 0 Å². The number of ether oxygens (including phenoxy) is 1. The molecule has 0 spiro atoms. The standard InChI is InChI=1S/C18H21NO4S/c1-13-7-4-5-10-17(13)18(23-3)12-19-24(21,22)16-9-6-8-15(11-16)14(2)20/h4-11,18-19H,12H2,1-3H3/t18-/m0/s1. The molecular weight excluding hydrogens is 326 g/mol. The molecule has 0 aliphatic carbocycles. The average Bonchev–Trinajstić information content (AvgIpc) is 2.57. The molecule has 0 fully saturated rings. The van der Waals surface area contributed by atoms with Gasteiger partial charge >= 0.3 is 0 Å². The van der Waals surface area contributed by atoms with Gasteiger partial charge in [0.05, 0.1) is 11.0 Å². The highest BCUT2D eigenvalue weighted by Crippen LogP contribution is 2.20. The Kier molecular flexibility index (Phi) is 5.88. The molecule has 0 aromatic heterocycles. The first-order chi connectivity index (χ1) is 11.3. The smallest absolute Gasteiger partial charge is 0.240 e. The van der Waals surface area contributed by atoms with E-state index in [1.165, 1.54) is 19.1 Å². The molecule has 0 heterocycles. The Hall–Kier alpha value is -2.02. The maximum absolute atomic E-state index is 12.5. The van der Waals surface area contributed by atoms with E-state index in [0.717, 1.165) is 11.1 Å². The van der Waals surface area contributed by atoms with Crippen molar-refractivity contribution in [2.45, 2.75) is 24.8 Å². The van der Waals surface area contributed by atoms with Crippen LogP contribution in [0.3, 0.4) is 0 Å². The summed E-state index contributed by atoms with van der Waals surface area (Å²) >= 11 is 0. The number of rotatable bonds is 7. The second-order valence-corrected chi connectivity index (χ2v) is 7.28. The second-order valence-electron chi connectivity index (χ2n) is 5.52. The Bertz CT molecular complexity index is 830. The van der Waals surface area contributed by atoms with Gasteiger partial charge in [-0.1, -0.05) is 36.4 Å². The number of carbonyl (C=O) groups is 1. The Labute approximate surface area is 142 Å². The van der Waals surface area contributed by atoms with Gasteiger partial charge < -0.3 is 4.74 Å². The molecule has 1 N–H and O–H groups in total. The van der Waals surface area contributed by atoms with Crippen LogP contribution in [0.25, 0.3) is 0 Å². The van der Waals surface area contributed by atoms with Gasteiger partial charge in [-0.15, -0.1) is 0 Å². The number of methoxy groups -OCH3 is 1. The van der Waals surface area contributed by atoms with Crippen LogP contribution < -0.4 is 4.72 Å². The third kappa shape index (κ3) is 4.29. The highest BCUT2D eigenvalue weighted by molar-refractivity contribution is 7.89. The lowest BCUT2D eigenvalue weighted by Gasteiger charge is -2.18. The molecule has 2 aromatic carbocycles. The summed E-state index contributed by atoms with van der Waals surface area (Å²) in [6.45, 7) is 3.46. The van der Waals surface area contributed by atoms with Gasteiger partial charge in [0.1, 0.15) is 0 Å². The number of aryl methyl sites for hydroxylation is 1. The molecule has 0 bridgehead atoms. The minimum Gasteiger partial charge on any atom is -0.375 e. The third-order valence-corrected chi connectivity index (χ3v) is 5.25. The Morgan fingerprint density at radius 1 is 1.17 bits per heavy atom. The lowest BCUT2D eigenvalue weighted by atomic mass is 10.0. The normalized spacial score (nSPS) is 12.8. The van der Waals surface area contributed by atoms with E-state index in [2.05, 4.69) is 4.72 Å². The van der Waals surface area contributed by atoms with E-state index in [-0.39, 0.29) is 17.2 Å². The fraction of sp³-hybridized carbons (Fsp3) is 0.278. The molecule has 0 saturated carbocycles. The molecule has 128 valence electrons. The molecule has 2 aromatic rings. The zero-order valence-corrected chi connectivity index (χ0v) is 14.8. The summed E-state index contributed by atoms with van der Waals surface area (Å²) in [5.74, 6) is -0.179. The molecule has 0 amide bonds. The zero-order valence-electron chi connectivity index (χ0n) is 13.9. The molecule has 24 heavy (non-hydrogen) atoms. The summed E-state index contributed by atoms with van der Waals surface area (Å²) in [7, 11) is -2.18. The number of Topliss-reactive ketones (excluding diaryl/α,β-unsaturated/α-hetero) is 1. The van der Waals surface area contributed by atoms with E-state index >= 15 is 0 Å². The maximum Gasteiger partial charge on any atom is 0.240 e. The van der Waals surface area contributed by atoms with Gasteiger partial charge in [0.2, 0.25) is 10.0 Å². The van der Waals surface area contributed by atoms with Crippen molar-refractivity contribution in [2.75, 3.05) is 13.7 Å². The molecule has 6 heteroatoms. The van der Waals surface area contributed by atoms with Crippen molar-refractivity contribution in [3.05, 3.63) is 65.2 Å². The summed E-state index contributed by atoms with van der Waals surface area (Å²) in [6.07, 6.45) is -0.392. The van der Waals surface area contributed by atoms with Crippen molar-refractivity contribution < 1.29 is 17.9 Å². The van der Waals surface area contributed by atoms with Crippen molar-refractivity contribution in [1.82, 2.24) is 4.72 Å². The largest absolute Gasteiger partial charge is 0.375 e. The lowest BCUT2D eigenvalue weighted by molar-refractivity contribution is 0.101. The average molecular weight is 347 g/mol. The van der Waals surface area contributed by atoms with Gasteiger partial charge in [0, 0.05) is 19.2 Å². The van der Waals surface area contributed by atoms with Crippen molar-refractivity contribution in [3.8, 4) is 0 Å².